The lowest BCUT2D eigenvalue weighted by molar-refractivity contribution is 0.0730. The molecule has 0 radical (unpaired) electrons. The SMILES string of the molecule is Cc1nn(Cc2cccc(F)c2F)c(C)c1S(=O)(=O)N1CCOCC1. The first-order valence-electron chi connectivity index (χ1n) is 7.87. The average molecular weight is 371 g/mol. The zero-order valence-corrected chi connectivity index (χ0v) is 14.8. The van der Waals surface area contributed by atoms with E-state index in [4.69, 9.17) is 4.74 Å². The highest BCUT2D eigenvalue weighted by Crippen LogP contribution is 2.25. The Bertz CT molecular complexity index is 890. The highest BCUT2D eigenvalue weighted by Gasteiger charge is 2.32. The van der Waals surface area contributed by atoms with Gasteiger partial charge in [-0.1, -0.05) is 12.1 Å². The fourth-order valence-corrected chi connectivity index (χ4v) is 4.74. The van der Waals surface area contributed by atoms with Gasteiger partial charge in [0.05, 0.1) is 31.1 Å². The van der Waals surface area contributed by atoms with Gasteiger partial charge < -0.3 is 4.74 Å². The Morgan fingerprint density at radius 1 is 1.20 bits per heavy atom. The van der Waals surface area contributed by atoms with E-state index in [1.807, 2.05) is 0 Å². The average Bonchev–Trinajstić information content (AvgIpc) is 2.87. The van der Waals surface area contributed by atoms with Crippen LogP contribution in [-0.2, 0) is 21.3 Å². The molecule has 25 heavy (non-hydrogen) atoms. The second-order valence-electron chi connectivity index (χ2n) is 5.89. The van der Waals surface area contributed by atoms with Gasteiger partial charge in [-0.05, 0) is 19.9 Å². The number of ether oxygens (including phenoxy) is 1. The Hall–Kier alpha value is -1.84. The molecule has 1 aromatic carbocycles. The fourth-order valence-electron chi connectivity index (χ4n) is 2.96. The first-order valence-corrected chi connectivity index (χ1v) is 9.31. The van der Waals surface area contributed by atoms with Crippen molar-refractivity contribution in [3.8, 4) is 0 Å². The quantitative estimate of drug-likeness (QED) is 0.823. The predicted octanol–water partition coefficient (Wildman–Crippen LogP) is 1.85. The number of benzene rings is 1. The van der Waals surface area contributed by atoms with Crippen LogP contribution >= 0.6 is 0 Å². The molecular weight excluding hydrogens is 352 g/mol. The molecule has 0 spiro atoms. The summed E-state index contributed by atoms with van der Waals surface area (Å²) in [5.41, 5.74) is 0.842. The summed E-state index contributed by atoms with van der Waals surface area (Å²) in [6.07, 6.45) is 0. The van der Waals surface area contributed by atoms with Crippen molar-refractivity contribution >= 4 is 10.0 Å². The summed E-state index contributed by atoms with van der Waals surface area (Å²) in [4.78, 5) is 0.117. The number of rotatable bonds is 4. The van der Waals surface area contributed by atoms with Gasteiger partial charge in [0.15, 0.2) is 11.6 Å². The topological polar surface area (TPSA) is 64.4 Å². The normalized spacial score (nSPS) is 16.3. The third-order valence-corrected chi connectivity index (χ3v) is 6.39. The highest BCUT2D eigenvalue weighted by atomic mass is 32.2. The molecule has 136 valence electrons. The van der Waals surface area contributed by atoms with Crippen LogP contribution in [0, 0.1) is 25.5 Å². The van der Waals surface area contributed by atoms with Gasteiger partial charge in [-0.3, -0.25) is 4.68 Å². The van der Waals surface area contributed by atoms with E-state index in [0.29, 0.717) is 24.6 Å². The first kappa shape index (κ1) is 18.0. The van der Waals surface area contributed by atoms with Crippen molar-refractivity contribution in [2.24, 2.45) is 0 Å². The van der Waals surface area contributed by atoms with Crippen molar-refractivity contribution in [3.63, 3.8) is 0 Å². The van der Waals surface area contributed by atoms with Crippen molar-refractivity contribution in [2.75, 3.05) is 26.3 Å². The molecule has 0 aliphatic carbocycles. The Labute approximate surface area is 145 Å². The standard InChI is InChI=1S/C16H19F2N3O3S/c1-11-16(25(22,23)20-6-8-24-9-7-20)12(2)21(19-11)10-13-4-3-5-14(17)15(13)18/h3-5H,6-10H2,1-2H3. The van der Waals surface area contributed by atoms with Crippen LogP contribution in [0.15, 0.2) is 23.1 Å². The van der Waals surface area contributed by atoms with Crippen LogP contribution < -0.4 is 0 Å². The van der Waals surface area contributed by atoms with Gasteiger partial charge >= 0.3 is 0 Å². The predicted molar refractivity (Wildman–Crippen MR) is 86.7 cm³/mol. The Morgan fingerprint density at radius 2 is 1.88 bits per heavy atom. The lowest BCUT2D eigenvalue weighted by atomic mass is 10.2. The van der Waals surface area contributed by atoms with Gasteiger partial charge in [0, 0.05) is 18.7 Å². The number of morpholine rings is 1. The van der Waals surface area contributed by atoms with E-state index in [2.05, 4.69) is 5.10 Å². The summed E-state index contributed by atoms with van der Waals surface area (Å²) in [6.45, 7) is 4.42. The van der Waals surface area contributed by atoms with Crippen LogP contribution in [0.25, 0.3) is 0 Å². The Kier molecular flexibility index (Phi) is 4.90. The number of nitrogens with zero attached hydrogens (tertiary/aromatic N) is 3. The van der Waals surface area contributed by atoms with Crippen LogP contribution in [0.2, 0.25) is 0 Å². The third-order valence-electron chi connectivity index (χ3n) is 4.23. The van der Waals surface area contributed by atoms with Crippen molar-refractivity contribution in [3.05, 3.63) is 46.8 Å². The van der Waals surface area contributed by atoms with Gasteiger partial charge in [0.25, 0.3) is 0 Å². The summed E-state index contributed by atoms with van der Waals surface area (Å²) in [5, 5.41) is 4.23. The number of sulfonamides is 1. The van der Waals surface area contributed by atoms with E-state index < -0.39 is 21.7 Å². The van der Waals surface area contributed by atoms with Gasteiger partial charge in [-0.2, -0.15) is 9.40 Å². The molecule has 1 aromatic heterocycles. The molecule has 0 atom stereocenters. The molecule has 0 saturated carbocycles. The largest absolute Gasteiger partial charge is 0.379 e. The second kappa shape index (κ2) is 6.81. The van der Waals surface area contributed by atoms with Gasteiger partial charge in [0.1, 0.15) is 4.90 Å². The number of hydrogen-bond acceptors (Lipinski definition) is 4. The molecule has 0 N–H and O–H groups in total. The maximum absolute atomic E-state index is 13.9. The van der Waals surface area contributed by atoms with Crippen LogP contribution in [0.5, 0.6) is 0 Å². The van der Waals surface area contributed by atoms with Gasteiger partial charge in [-0.25, -0.2) is 17.2 Å². The van der Waals surface area contributed by atoms with Gasteiger partial charge in [0.2, 0.25) is 10.0 Å². The summed E-state index contributed by atoms with van der Waals surface area (Å²) in [7, 11) is -3.71. The van der Waals surface area contributed by atoms with Crippen LogP contribution in [0.4, 0.5) is 8.78 Å². The zero-order valence-electron chi connectivity index (χ0n) is 14.0. The van der Waals surface area contributed by atoms with E-state index in [1.54, 1.807) is 13.8 Å². The zero-order chi connectivity index (χ0) is 18.2. The molecule has 9 heteroatoms. The van der Waals surface area contributed by atoms with Gasteiger partial charge in [-0.15, -0.1) is 0 Å². The van der Waals surface area contributed by atoms with E-state index in [9.17, 15) is 17.2 Å². The van der Waals surface area contributed by atoms with Crippen molar-refractivity contribution < 1.29 is 21.9 Å². The van der Waals surface area contributed by atoms with E-state index in [-0.39, 0.29) is 30.1 Å². The van der Waals surface area contributed by atoms with Crippen LogP contribution in [-0.4, -0.2) is 48.8 Å². The van der Waals surface area contributed by atoms with Crippen molar-refractivity contribution in [1.29, 1.82) is 0 Å². The Morgan fingerprint density at radius 3 is 2.56 bits per heavy atom. The third kappa shape index (κ3) is 3.31. The monoisotopic (exact) mass is 371 g/mol. The number of hydrogen-bond donors (Lipinski definition) is 0. The lowest BCUT2D eigenvalue weighted by Crippen LogP contribution is -2.41. The maximum atomic E-state index is 13.9. The molecule has 6 nitrogen and oxygen atoms in total. The van der Waals surface area contributed by atoms with Crippen molar-refractivity contribution in [1.82, 2.24) is 14.1 Å². The van der Waals surface area contributed by atoms with Crippen molar-refractivity contribution in [2.45, 2.75) is 25.3 Å². The second-order valence-corrected chi connectivity index (χ2v) is 7.76. The number of halogens is 2. The fraction of sp³-hybridized carbons (Fsp3) is 0.438. The summed E-state index contributed by atoms with van der Waals surface area (Å²) >= 11 is 0. The smallest absolute Gasteiger partial charge is 0.246 e. The molecule has 0 bridgehead atoms. The first-order chi connectivity index (χ1) is 11.8. The lowest BCUT2D eigenvalue weighted by Gasteiger charge is -2.26. The van der Waals surface area contributed by atoms with Crippen LogP contribution in [0.3, 0.4) is 0 Å². The van der Waals surface area contributed by atoms with Crippen LogP contribution in [0.1, 0.15) is 17.0 Å². The van der Waals surface area contributed by atoms with E-state index in [0.717, 1.165) is 6.07 Å². The molecule has 0 amide bonds. The molecule has 3 rings (SSSR count). The maximum Gasteiger partial charge on any atom is 0.246 e. The highest BCUT2D eigenvalue weighted by molar-refractivity contribution is 7.89. The molecule has 1 aliphatic heterocycles. The summed E-state index contributed by atoms with van der Waals surface area (Å²) in [5.74, 6) is -1.90. The summed E-state index contributed by atoms with van der Waals surface area (Å²) in [6, 6.07) is 3.89. The minimum absolute atomic E-state index is 0.0467. The minimum Gasteiger partial charge on any atom is -0.379 e. The minimum atomic E-state index is -3.71. The molecular formula is C16H19F2N3O3S. The molecule has 2 heterocycles. The van der Waals surface area contributed by atoms with E-state index >= 15 is 0 Å². The Balaban J connectivity index is 1.97. The molecule has 1 aliphatic rings. The number of aromatic nitrogens is 2. The molecule has 1 saturated heterocycles. The number of aryl methyl sites for hydroxylation is 1. The molecule has 0 unspecified atom stereocenters. The molecule has 2 aromatic rings. The summed E-state index contributed by atoms with van der Waals surface area (Å²) < 4.78 is 61.0. The van der Waals surface area contributed by atoms with E-state index in [1.165, 1.54) is 21.1 Å². The molecule has 1 fully saturated rings.